The number of nitrogens with one attached hydrogen (secondary N) is 1. The van der Waals surface area contributed by atoms with Crippen LogP contribution in [0.3, 0.4) is 0 Å². The number of carbonyl (C=O) groups excluding carboxylic acids is 2. The predicted octanol–water partition coefficient (Wildman–Crippen LogP) is 3.55. The molecule has 130 valence electrons. The van der Waals surface area contributed by atoms with Gasteiger partial charge in [-0.1, -0.05) is 46.3 Å². The average molecular weight is 401 g/mol. The van der Waals surface area contributed by atoms with Crippen LogP contribution in [0.2, 0.25) is 0 Å². The highest BCUT2D eigenvalue weighted by molar-refractivity contribution is 9.10. The molecule has 0 bridgehead atoms. The first-order valence-electron chi connectivity index (χ1n) is 8.51. The summed E-state index contributed by atoms with van der Waals surface area (Å²) in [6, 6.07) is 17.8. The van der Waals surface area contributed by atoms with Gasteiger partial charge >= 0.3 is 0 Å². The number of nitrogens with zero attached hydrogens (tertiary/aromatic N) is 1. The summed E-state index contributed by atoms with van der Waals surface area (Å²) in [4.78, 5) is 26.3. The predicted molar refractivity (Wildman–Crippen MR) is 102 cm³/mol. The molecule has 2 aromatic carbocycles. The van der Waals surface area contributed by atoms with E-state index in [1.165, 1.54) is 5.56 Å². The lowest BCUT2D eigenvalue weighted by Crippen LogP contribution is -2.33. The first-order chi connectivity index (χ1) is 12.1. The van der Waals surface area contributed by atoms with Gasteiger partial charge in [0.2, 0.25) is 11.8 Å². The van der Waals surface area contributed by atoms with Gasteiger partial charge in [-0.05, 0) is 42.7 Å². The quantitative estimate of drug-likeness (QED) is 0.753. The van der Waals surface area contributed by atoms with E-state index >= 15 is 0 Å². The number of benzene rings is 2. The van der Waals surface area contributed by atoms with E-state index in [0.717, 1.165) is 23.0 Å². The molecule has 25 heavy (non-hydrogen) atoms. The highest BCUT2D eigenvalue weighted by Gasteiger charge is 2.34. The second-order valence-corrected chi connectivity index (χ2v) is 7.18. The monoisotopic (exact) mass is 400 g/mol. The molecule has 1 heterocycles. The van der Waals surface area contributed by atoms with Crippen molar-refractivity contribution in [1.29, 1.82) is 0 Å². The fourth-order valence-corrected chi connectivity index (χ4v) is 3.31. The van der Waals surface area contributed by atoms with E-state index in [0.29, 0.717) is 13.1 Å². The number of carbonyl (C=O) groups is 2. The Morgan fingerprint density at radius 3 is 2.56 bits per heavy atom. The maximum atomic E-state index is 12.3. The Hall–Kier alpha value is -2.14. The van der Waals surface area contributed by atoms with Crippen molar-refractivity contribution in [3.63, 3.8) is 0 Å². The number of anilines is 1. The van der Waals surface area contributed by atoms with E-state index in [1.54, 1.807) is 4.90 Å². The third-order valence-corrected chi connectivity index (χ3v) is 4.95. The average Bonchev–Trinajstić information content (AvgIpc) is 3.02. The van der Waals surface area contributed by atoms with Gasteiger partial charge in [0.25, 0.3) is 0 Å². The maximum absolute atomic E-state index is 12.3. The Morgan fingerprint density at radius 1 is 1.12 bits per heavy atom. The number of halogens is 1. The van der Waals surface area contributed by atoms with Gasteiger partial charge in [0, 0.05) is 29.7 Å². The zero-order chi connectivity index (χ0) is 17.6. The van der Waals surface area contributed by atoms with Crippen LogP contribution in [-0.4, -0.2) is 24.9 Å². The fourth-order valence-electron chi connectivity index (χ4n) is 3.05. The SMILES string of the molecule is O=C(NCCCc1ccccc1)[C@@H]1CC(=O)N(c2ccc(Br)cc2)C1. The van der Waals surface area contributed by atoms with Crippen molar-refractivity contribution in [3.05, 3.63) is 64.6 Å². The Balaban J connectivity index is 1.46. The van der Waals surface area contributed by atoms with E-state index < -0.39 is 0 Å². The molecule has 1 saturated heterocycles. The highest BCUT2D eigenvalue weighted by Crippen LogP contribution is 2.26. The minimum atomic E-state index is -0.270. The number of hydrogen-bond donors (Lipinski definition) is 1. The van der Waals surface area contributed by atoms with Gasteiger partial charge in [0.05, 0.1) is 5.92 Å². The van der Waals surface area contributed by atoms with Crippen molar-refractivity contribution in [2.45, 2.75) is 19.3 Å². The van der Waals surface area contributed by atoms with Gasteiger partial charge in [-0.3, -0.25) is 9.59 Å². The van der Waals surface area contributed by atoms with Gasteiger partial charge < -0.3 is 10.2 Å². The molecule has 1 fully saturated rings. The topological polar surface area (TPSA) is 49.4 Å². The first-order valence-corrected chi connectivity index (χ1v) is 9.30. The molecule has 0 aromatic heterocycles. The number of hydrogen-bond acceptors (Lipinski definition) is 2. The van der Waals surface area contributed by atoms with E-state index in [-0.39, 0.29) is 24.2 Å². The van der Waals surface area contributed by atoms with Crippen molar-refractivity contribution in [2.75, 3.05) is 18.0 Å². The molecule has 0 spiro atoms. The molecule has 4 nitrogen and oxygen atoms in total. The lowest BCUT2D eigenvalue weighted by molar-refractivity contribution is -0.126. The van der Waals surface area contributed by atoms with Crippen molar-refractivity contribution < 1.29 is 9.59 Å². The van der Waals surface area contributed by atoms with Crippen LogP contribution in [0.1, 0.15) is 18.4 Å². The zero-order valence-electron chi connectivity index (χ0n) is 14.0. The second-order valence-electron chi connectivity index (χ2n) is 6.26. The third-order valence-electron chi connectivity index (χ3n) is 4.42. The minimum absolute atomic E-state index is 0.00626. The van der Waals surface area contributed by atoms with Crippen molar-refractivity contribution in [2.24, 2.45) is 5.92 Å². The first kappa shape index (κ1) is 17.7. The minimum Gasteiger partial charge on any atom is -0.356 e. The van der Waals surface area contributed by atoms with Crippen LogP contribution in [0, 0.1) is 5.92 Å². The molecule has 1 atom stereocenters. The van der Waals surface area contributed by atoms with Crippen LogP contribution in [0.4, 0.5) is 5.69 Å². The van der Waals surface area contributed by atoms with Gasteiger partial charge in [-0.25, -0.2) is 0 Å². The Kier molecular flexibility index (Phi) is 5.87. The summed E-state index contributed by atoms with van der Waals surface area (Å²) in [5, 5.41) is 2.97. The number of aryl methyl sites for hydroxylation is 1. The van der Waals surface area contributed by atoms with Gasteiger partial charge in [0.15, 0.2) is 0 Å². The van der Waals surface area contributed by atoms with E-state index in [9.17, 15) is 9.59 Å². The Morgan fingerprint density at radius 2 is 1.84 bits per heavy atom. The smallest absolute Gasteiger partial charge is 0.227 e. The van der Waals surface area contributed by atoms with Gasteiger partial charge in [-0.15, -0.1) is 0 Å². The van der Waals surface area contributed by atoms with E-state index in [1.807, 2.05) is 42.5 Å². The largest absolute Gasteiger partial charge is 0.356 e. The molecule has 0 saturated carbocycles. The third kappa shape index (κ3) is 4.69. The molecule has 0 aliphatic carbocycles. The standard InChI is InChI=1S/C20H21BrN2O2/c21-17-8-10-18(11-9-17)23-14-16(13-19(23)24)20(25)22-12-4-7-15-5-2-1-3-6-15/h1-3,5-6,8-11,16H,4,7,12-14H2,(H,22,25)/t16-/m1/s1. The van der Waals surface area contributed by atoms with Crippen LogP contribution < -0.4 is 10.2 Å². The zero-order valence-corrected chi connectivity index (χ0v) is 15.5. The summed E-state index contributed by atoms with van der Waals surface area (Å²) in [5.41, 5.74) is 2.11. The normalized spacial score (nSPS) is 16.9. The molecule has 5 heteroatoms. The van der Waals surface area contributed by atoms with Crippen molar-refractivity contribution in [1.82, 2.24) is 5.32 Å². The molecule has 1 aliphatic rings. The molecule has 1 aliphatic heterocycles. The number of amides is 2. The molecule has 1 N–H and O–H groups in total. The number of rotatable bonds is 6. The lowest BCUT2D eigenvalue weighted by Gasteiger charge is -2.16. The van der Waals surface area contributed by atoms with E-state index in [4.69, 9.17) is 0 Å². The molecule has 0 unspecified atom stereocenters. The summed E-state index contributed by atoms with van der Waals surface area (Å²) >= 11 is 3.39. The summed E-state index contributed by atoms with van der Waals surface area (Å²) in [5.74, 6) is -0.291. The van der Waals surface area contributed by atoms with Crippen LogP contribution in [-0.2, 0) is 16.0 Å². The lowest BCUT2D eigenvalue weighted by atomic mass is 10.1. The highest BCUT2D eigenvalue weighted by atomic mass is 79.9. The van der Waals surface area contributed by atoms with Gasteiger partial charge in [-0.2, -0.15) is 0 Å². The maximum Gasteiger partial charge on any atom is 0.227 e. The summed E-state index contributed by atoms with van der Waals surface area (Å²) in [7, 11) is 0. The van der Waals surface area contributed by atoms with Crippen LogP contribution in [0.5, 0.6) is 0 Å². The van der Waals surface area contributed by atoms with Crippen molar-refractivity contribution >= 4 is 33.4 Å². The fraction of sp³-hybridized carbons (Fsp3) is 0.300. The van der Waals surface area contributed by atoms with Crippen LogP contribution in [0.25, 0.3) is 0 Å². The van der Waals surface area contributed by atoms with Gasteiger partial charge in [0.1, 0.15) is 0 Å². The summed E-state index contributed by atoms with van der Waals surface area (Å²) in [6.07, 6.45) is 2.11. The van der Waals surface area contributed by atoms with Crippen LogP contribution >= 0.6 is 15.9 Å². The summed E-state index contributed by atoms with van der Waals surface area (Å²) in [6.45, 7) is 1.09. The second kappa shape index (κ2) is 8.30. The molecule has 2 aromatic rings. The van der Waals surface area contributed by atoms with Crippen LogP contribution in [0.15, 0.2) is 59.1 Å². The molecule has 2 amide bonds. The summed E-state index contributed by atoms with van der Waals surface area (Å²) < 4.78 is 0.968. The Bertz CT molecular complexity index is 731. The van der Waals surface area contributed by atoms with E-state index in [2.05, 4.69) is 33.4 Å². The molecular weight excluding hydrogens is 380 g/mol. The van der Waals surface area contributed by atoms with Crippen molar-refractivity contribution in [3.8, 4) is 0 Å². The molecular formula is C20H21BrN2O2. The molecule has 0 radical (unpaired) electrons. The Labute approximate surface area is 156 Å². The molecule has 3 rings (SSSR count).